The molecule has 2 aromatic rings. The monoisotopic (exact) mass is 329 g/mol. The minimum atomic E-state index is -3.87. The van der Waals surface area contributed by atoms with Gasteiger partial charge in [-0.15, -0.1) is 0 Å². The number of nitrogens with zero attached hydrogens (tertiary/aromatic N) is 2. The molecule has 0 saturated carbocycles. The van der Waals surface area contributed by atoms with Gasteiger partial charge in [0.2, 0.25) is 10.0 Å². The van der Waals surface area contributed by atoms with Crippen molar-refractivity contribution in [2.45, 2.75) is 11.4 Å². The Bertz CT molecular complexity index is 754. The summed E-state index contributed by atoms with van der Waals surface area (Å²) in [6, 6.07) is 5.32. The zero-order valence-electron chi connectivity index (χ0n) is 11.1. The molecule has 1 aromatic heterocycles. The first-order valence-electron chi connectivity index (χ1n) is 5.92. The lowest BCUT2D eigenvalue weighted by molar-refractivity contribution is 0.466. The molecule has 0 aliphatic rings. The van der Waals surface area contributed by atoms with Crippen LogP contribution >= 0.6 is 11.6 Å². The number of nitrogen functional groups attached to an aromatic ring is 1. The summed E-state index contributed by atoms with van der Waals surface area (Å²) >= 11 is 5.82. The van der Waals surface area contributed by atoms with Gasteiger partial charge >= 0.3 is 0 Å². The van der Waals surface area contributed by atoms with Gasteiger partial charge in [0, 0.05) is 26.0 Å². The molecule has 1 heterocycles. The molecule has 2 N–H and O–H groups in total. The molecule has 0 radical (unpaired) electrons. The van der Waals surface area contributed by atoms with E-state index in [2.05, 4.69) is 4.98 Å². The average molecular weight is 330 g/mol. The maximum atomic E-state index is 13.3. The first-order valence-corrected chi connectivity index (χ1v) is 7.74. The molecule has 0 fully saturated rings. The maximum absolute atomic E-state index is 13.3. The largest absolute Gasteiger partial charge is 0.396 e. The molecular weight excluding hydrogens is 317 g/mol. The van der Waals surface area contributed by atoms with Crippen molar-refractivity contribution in [2.75, 3.05) is 12.8 Å². The summed E-state index contributed by atoms with van der Waals surface area (Å²) in [5.74, 6) is -0.754. The second kappa shape index (κ2) is 5.97. The minimum Gasteiger partial charge on any atom is -0.396 e. The van der Waals surface area contributed by atoms with E-state index in [-0.39, 0.29) is 22.2 Å². The molecule has 1 aromatic carbocycles. The highest BCUT2D eigenvalue weighted by Crippen LogP contribution is 2.28. The number of pyridine rings is 1. The van der Waals surface area contributed by atoms with Crippen LogP contribution < -0.4 is 5.73 Å². The molecule has 0 saturated heterocycles. The fourth-order valence-corrected chi connectivity index (χ4v) is 3.42. The number of hydrogen-bond donors (Lipinski definition) is 1. The lowest BCUT2D eigenvalue weighted by Gasteiger charge is -2.18. The Morgan fingerprint density at radius 2 is 1.95 bits per heavy atom. The Morgan fingerprint density at radius 1 is 1.33 bits per heavy atom. The van der Waals surface area contributed by atoms with Crippen LogP contribution in [0, 0.1) is 5.82 Å². The van der Waals surface area contributed by atoms with E-state index in [1.165, 1.54) is 7.05 Å². The molecule has 0 unspecified atom stereocenters. The predicted octanol–water partition coefficient (Wildman–Crippen LogP) is 2.28. The van der Waals surface area contributed by atoms with Crippen molar-refractivity contribution in [1.29, 1.82) is 0 Å². The van der Waals surface area contributed by atoms with Crippen LogP contribution in [0.2, 0.25) is 5.02 Å². The Hall–Kier alpha value is -1.70. The van der Waals surface area contributed by atoms with Gasteiger partial charge in [0.15, 0.2) is 0 Å². The van der Waals surface area contributed by atoms with E-state index in [0.29, 0.717) is 0 Å². The SMILES string of the molecule is CN(Cc1ccncc1)S(=O)(=O)c1cc(N)c(F)cc1Cl. The van der Waals surface area contributed by atoms with Crippen LogP contribution in [-0.2, 0) is 16.6 Å². The summed E-state index contributed by atoms with van der Waals surface area (Å²) in [6.45, 7) is 0.137. The van der Waals surface area contributed by atoms with Crippen molar-refractivity contribution in [3.63, 3.8) is 0 Å². The first-order chi connectivity index (χ1) is 9.82. The van der Waals surface area contributed by atoms with Crippen LogP contribution in [0.15, 0.2) is 41.6 Å². The van der Waals surface area contributed by atoms with E-state index in [1.54, 1.807) is 24.5 Å². The summed E-state index contributed by atoms with van der Waals surface area (Å²) in [7, 11) is -2.46. The van der Waals surface area contributed by atoms with Gasteiger partial charge in [-0.2, -0.15) is 4.31 Å². The predicted molar refractivity (Wildman–Crippen MR) is 78.7 cm³/mol. The van der Waals surface area contributed by atoms with Gasteiger partial charge in [0.25, 0.3) is 0 Å². The Morgan fingerprint density at radius 3 is 2.57 bits per heavy atom. The highest BCUT2D eigenvalue weighted by molar-refractivity contribution is 7.89. The van der Waals surface area contributed by atoms with Crippen LogP contribution in [0.1, 0.15) is 5.56 Å². The molecule has 2 rings (SSSR count). The summed E-state index contributed by atoms with van der Waals surface area (Å²) < 4.78 is 39.3. The Labute approximate surface area is 127 Å². The average Bonchev–Trinajstić information content (AvgIpc) is 2.43. The third-order valence-corrected chi connectivity index (χ3v) is 5.16. The van der Waals surface area contributed by atoms with Gasteiger partial charge in [-0.3, -0.25) is 4.98 Å². The molecule has 112 valence electrons. The molecule has 5 nitrogen and oxygen atoms in total. The third-order valence-electron chi connectivity index (χ3n) is 2.89. The normalized spacial score (nSPS) is 11.8. The van der Waals surface area contributed by atoms with Crippen LogP contribution in [0.3, 0.4) is 0 Å². The van der Waals surface area contributed by atoms with Crippen molar-refractivity contribution in [2.24, 2.45) is 0 Å². The van der Waals surface area contributed by atoms with E-state index in [9.17, 15) is 12.8 Å². The van der Waals surface area contributed by atoms with Crippen molar-refractivity contribution in [3.8, 4) is 0 Å². The molecule has 0 aliphatic carbocycles. The van der Waals surface area contributed by atoms with E-state index in [4.69, 9.17) is 17.3 Å². The maximum Gasteiger partial charge on any atom is 0.244 e. The number of sulfonamides is 1. The van der Waals surface area contributed by atoms with E-state index < -0.39 is 15.8 Å². The van der Waals surface area contributed by atoms with E-state index in [0.717, 1.165) is 22.0 Å². The van der Waals surface area contributed by atoms with Crippen molar-refractivity contribution >= 4 is 27.3 Å². The summed E-state index contributed by atoms with van der Waals surface area (Å²) in [5.41, 5.74) is 5.91. The zero-order chi connectivity index (χ0) is 15.6. The molecule has 0 bridgehead atoms. The highest BCUT2D eigenvalue weighted by Gasteiger charge is 2.25. The quantitative estimate of drug-likeness (QED) is 0.873. The summed E-state index contributed by atoms with van der Waals surface area (Å²) in [4.78, 5) is 3.64. The zero-order valence-corrected chi connectivity index (χ0v) is 12.7. The first kappa shape index (κ1) is 15.7. The van der Waals surface area contributed by atoms with Crippen molar-refractivity contribution in [3.05, 3.63) is 53.1 Å². The number of halogens is 2. The summed E-state index contributed by atoms with van der Waals surface area (Å²) in [6.07, 6.45) is 3.14. The standard InChI is InChI=1S/C13H13ClFN3O2S/c1-18(8-9-2-4-17-5-3-9)21(19,20)13-7-12(16)11(15)6-10(13)14/h2-7H,8,16H2,1H3. The van der Waals surface area contributed by atoms with Crippen molar-refractivity contribution in [1.82, 2.24) is 9.29 Å². The highest BCUT2D eigenvalue weighted by atomic mass is 35.5. The molecule has 0 atom stereocenters. The lowest BCUT2D eigenvalue weighted by Crippen LogP contribution is -2.27. The Kier molecular flexibility index (Phi) is 4.46. The van der Waals surface area contributed by atoms with Gasteiger partial charge < -0.3 is 5.73 Å². The molecule has 8 heteroatoms. The number of rotatable bonds is 4. The number of nitrogens with two attached hydrogens (primary N) is 1. The number of anilines is 1. The fraction of sp³-hybridized carbons (Fsp3) is 0.154. The van der Waals surface area contributed by atoms with Gasteiger partial charge in [-0.25, -0.2) is 12.8 Å². The van der Waals surface area contributed by atoms with Crippen molar-refractivity contribution < 1.29 is 12.8 Å². The fourth-order valence-electron chi connectivity index (χ4n) is 1.74. The van der Waals surface area contributed by atoms with E-state index in [1.807, 2.05) is 0 Å². The Balaban J connectivity index is 2.36. The van der Waals surface area contributed by atoms with E-state index >= 15 is 0 Å². The van der Waals surface area contributed by atoms with Crippen LogP contribution in [0.4, 0.5) is 10.1 Å². The lowest BCUT2D eigenvalue weighted by atomic mass is 10.3. The van der Waals surface area contributed by atoms with Crippen LogP contribution in [0.5, 0.6) is 0 Å². The minimum absolute atomic E-state index is 0.137. The van der Waals surface area contributed by atoms with Gasteiger partial charge in [-0.1, -0.05) is 11.6 Å². The number of hydrogen-bond acceptors (Lipinski definition) is 4. The van der Waals surface area contributed by atoms with Crippen LogP contribution in [0.25, 0.3) is 0 Å². The molecule has 0 aliphatic heterocycles. The molecule has 0 spiro atoms. The molecule has 0 amide bonds. The number of benzene rings is 1. The second-order valence-corrected chi connectivity index (χ2v) is 6.84. The second-order valence-electron chi connectivity index (χ2n) is 4.42. The third kappa shape index (κ3) is 3.31. The molecular formula is C13H13ClFN3O2S. The smallest absolute Gasteiger partial charge is 0.244 e. The summed E-state index contributed by atoms with van der Waals surface area (Å²) in [5, 5.41) is -0.205. The van der Waals surface area contributed by atoms with Gasteiger partial charge in [0.05, 0.1) is 10.7 Å². The van der Waals surface area contributed by atoms with Crippen LogP contribution in [-0.4, -0.2) is 24.8 Å². The topological polar surface area (TPSA) is 76.3 Å². The van der Waals surface area contributed by atoms with Gasteiger partial charge in [0.1, 0.15) is 10.7 Å². The number of aromatic nitrogens is 1. The molecule has 21 heavy (non-hydrogen) atoms. The van der Waals surface area contributed by atoms with Gasteiger partial charge in [-0.05, 0) is 29.8 Å².